The molecule has 0 spiro atoms. The molecule has 0 unspecified atom stereocenters. The zero-order valence-electron chi connectivity index (χ0n) is 14.1. The Bertz CT molecular complexity index is 445. The van der Waals surface area contributed by atoms with E-state index in [1.165, 1.54) is 18.5 Å². The Hall–Kier alpha value is -0.830. The third kappa shape index (κ3) is 3.25. The average molecular weight is 277 g/mol. The van der Waals surface area contributed by atoms with Gasteiger partial charge in [-0.2, -0.15) is 0 Å². The van der Waals surface area contributed by atoms with Crippen LogP contribution >= 0.6 is 0 Å². The Kier molecular flexibility index (Phi) is 4.03. The zero-order valence-corrected chi connectivity index (χ0v) is 14.1. The molecular weight excluding hydrogens is 246 g/mol. The Morgan fingerprint density at radius 1 is 1.20 bits per heavy atom. The molecule has 20 heavy (non-hydrogen) atoms. The van der Waals surface area contributed by atoms with Crippen LogP contribution in [-0.4, -0.2) is 22.6 Å². The van der Waals surface area contributed by atoms with E-state index in [4.69, 9.17) is 0 Å². The molecule has 1 N–H and O–H groups in total. The van der Waals surface area contributed by atoms with E-state index in [0.717, 1.165) is 19.5 Å². The lowest BCUT2D eigenvalue weighted by Gasteiger charge is -2.40. The Balaban J connectivity index is 2.32. The van der Waals surface area contributed by atoms with E-state index in [1.807, 2.05) is 6.33 Å². The van der Waals surface area contributed by atoms with Crippen molar-refractivity contribution in [2.75, 3.05) is 13.1 Å². The highest BCUT2D eigenvalue weighted by atomic mass is 15.1. The molecule has 1 aliphatic rings. The standard InChI is InChI=1S/C17H31N3/c1-15(2,3)12-16(4,5)20-13-19-11-14(20)17(6)7-9-18-10-8-17/h11,13,18H,7-10,12H2,1-6H3. The SMILES string of the molecule is CC(C)(C)CC(C)(C)n1cncc1C1(C)CCNCC1. The first-order valence-electron chi connectivity index (χ1n) is 7.88. The van der Waals surface area contributed by atoms with Gasteiger partial charge in [-0.1, -0.05) is 27.7 Å². The number of imidazole rings is 1. The average Bonchev–Trinajstić information content (AvgIpc) is 2.76. The molecule has 3 nitrogen and oxygen atoms in total. The number of nitrogens with one attached hydrogen (secondary N) is 1. The van der Waals surface area contributed by atoms with Gasteiger partial charge in [0.25, 0.3) is 0 Å². The van der Waals surface area contributed by atoms with E-state index >= 15 is 0 Å². The number of piperidine rings is 1. The summed E-state index contributed by atoms with van der Waals surface area (Å²) in [6.45, 7) is 16.3. The first-order valence-corrected chi connectivity index (χ1v) is 7.88. The molecule has 114 valence electrons. The molecular formula is C17H31N3. The van der Waals surface area contributed by atoms with Crippen molar-refractivity contribution in [1.29, 1.82) is 0 Å². The molecule has 0 amide bonds. The van der Waals surface area contributed by atoms with E-state index in [0.29, 0.717) is 5.41 Å². The van der Waals surface area contributed by atoms with Gasteiger partial charge >= 0.3 is 0 Å². The summed E-state index contributed by atoms with van der Waals surface area (Å²) in [5.74, 6) is 0. The summed E-state index contributed by atoms with van der Waals surface area (Å²) >= 11 is 0. The molecule has 1 aromatic rings. The summed E-state index contributed by atoms with van der Waals surface area (Å²) in [5, 5.41) is 3.47. The number of hydrogen-bond acceptors (Lipinski definition) is 2. The fourth-order valence-electron chi connectivity index (χ4n) is 3.84. The molecule has 0 atom stereocenters. The molecule has 3 heteroatoms. The summed E-state index contributed by atoms with van der Waals surface area (Å²) in [7, 11) is 0. The molecule has 1 saturated heterocycles. The topological polar surface area (TPSA) is 29.9 Å². The van der Waals surface area contributed by atoms with E-state index in [2.05, 4.69) is 62.6 Å². The van der Waals surface area contributed by atoms with Crippen LogP contribution < -0.4 is 5.32 Å². The molecule has 0 saturated carbocycles. The van der Waals surface area contributed by atoms with Crippen LogP contribution in [0, 0.1) is 5.41 Å². The third-order valence-electron chi connectivity index (χ3n) is 4.58. The highest BCUT2D eigenvalue weighted by Crippen LogP contribution is 2.38. The second-order valence-electron chi connectivity index (χ2n) is 8.51. The van der Waals surface area contributed by atoms with Gasteiger partial charge in [-0.3, -0.25) is 0 Å². The Morgan fingerprint density at radius 2 is 1.80 bits per heavy atom. The van der Waals surface area contributed by atoms with Crippen LogP contribution in [0.4, 0.5) is 0 Å². The predicted molar refractivity (Wildman–Crippen MR) is 85.1 cm³/mol. The smallest absolute Gasteiger partial charge is 0.0953 e. The van der Waals surface area contributed by atoms with E-state index in [9.17, 15) is 0 Å². The van der Waals surface area contributed by atoms with E-state index in [-0.39, 0.29) is 11.0 Å². The number of rotatable bonds is 3. The van der Waals surface area contributed by atoms with Crippen molar-refractivity contribution in [3.8, 4) is 0 Å². The first kappa shape index (κ1) is 15.6. The Labute approximate surface area is 124 Å². The quantitative estimate of drug-likeness (QED) is 0.913. The number of hydrogen-bond donors (Lipinski definition) is 1. The molecule has 1 aliphatic heterocycles. The van der Waals surface area contributed by atoms with Crippen molar-refractivity contribution in [2.24, 2.45) is 5.41 Å². The maximum Gasteiger partial charge on any atom is 0.0953 e. The largest absolute Gasteiger partial charge is 0.328 e. The summed E-state index contributed by atoms with van der Waals surface area (Å²) in [6, 6.07) is 0. The molecule has 0 bridgehead atoms. The minimum atomic E-state index is 0.109. The molecule has 0 radical (unpaired) electrons. The maximum atomic E-state index is 4.48. The fourth-order valence-corrected chi connectivity index (χ4v) is 3.84. The summed E-state index contributed by atoms with van der Waals surface area (Å²) < 4.78 is 2.43. The predicted octanol–water partition coefficient (Wildman–Crippen LogP) is 3.70. The second kappa shape index (κ2) is 5.18. The van der Waals surface area contributed by atoms with Crippen molar-refractivity contribution in [2.45, 2.75) is 71.8 Å². The van der Waals surface area contributed by atoms with Gasteiger partial charge in [-0.25, -0.2) is 4.98 Å². The van der Waals surface area contributed by atoms with Crippen molar-refractivity contribution < 1.29 is 0 Å². The lowest BCUT2D eigenvalue weighted by molar-refractivity contribution is 0.196. The highest BCUT2D eigenvalue weighted by molar-refractivity contribution is 5.17. The maximum absolute atomic E-state index is 4.48. The van der Waals surface area contributed by atoms with Crippen LogP contribution in [0.15, 0.2) is 12.5 Å². The summed E-state index contributed by atoms with van der Waals surface area (Å²) in [5.41, 5.74) is 2.10. The van der Waals surface area contributed by atoms with Crippen LogP contribution in [0.2, 0.25) is 0 Å². The second-order valence-corrected chi connectivity index (χ2v) is 8.51. The van der Waals surface area contributed by atoms with Crippen molar-refractivity contribution in [3.63, 3.8) is 0 Å². The third-order valence-corrected chi connectivity index (χ3v) is 4.58. The normalized spacial score (nSPS) is 20.1. The van der Waals surface area contributed by atoms with Crippen LogP contribution in [0.1, 0.15) is 66.5 Å². The van der Waals surface area contributed by atoms with Gasteiger partial charge in [0.1, 0.15) is 0 Å². The van der Waals surface area contributed by atoms with Gasteiger partial charge in [0.05, 0.1) is 6.33 Å². The van der Waals surface area contributed by atoms with Gasteiger partial charge in [0.2, 0.25) is 0 Å². The summed E-state index contributed by atoms with van der Waals surface area (Å²) in [4.78, 5) is 4.48. The first-order chi connectivity index (χ1) is 9.14. The molecule has 2 heterocycles. The monoisotopic (exact) mass is 277 g/mol. The van der Waals surface area contributed by atoms with Gasteiger partial charge < -0.3 is 9.88 Å². The highest BCUT2D eigenvalue weighted by Gasteiger charge is 2.36. The van der Waals surface area contributed by atoms with Crippen molar-refractivity contribution >= 4 is 0 Å². The van der Waals surface area contributed by atoms with Crippen LogP contribution in [-0.2, 0) is 11.0 Å². The minimum Gasteiger partial charge on any atom is -0.328 e. The van der Waals surface area contributed by atoms with Crippen molar-refractivity contribution in [3.05, 3.63) is 18.2 Å². The zero-order chi connectivity index (χ0) is 15.0. The fraction of sp³-hybridized carbons (Fsp3) is 0.824. The van der Waals surface area contributed by atoms with Crippen LogP contribution in [0.3, 0.4) is 0 Å². The minimum absolute atomic E-state index is 0.109. The van der Waals surface area contributed by atoms with Gasteiger partial charge in [0, 0.05) is 22.8 Å². The van der Waals surface area contributed by atoms with Gasteiger partial charge in [-0.15, -0.1) is 0 Å². The summed E-state index contributed by atoms with van der Waals surface area (Å²) in [6.07, 6.45) is 7.68. The molecule has 1 fully saturated rings. The van der Waals surface area contributed by atoms with Gasteiger partial charge in [-0.05, 0) is 51.6 Å². The molecule has 0 aliphatic carbocycles. The molecule has 0 aromatic carbocycles. The van der Waals surface area contributed by atoms with Crippen LogP contribution in [0.5, 0.6) is 0 Å². The van der Waals surface area contributed by atoms with E-state index < -0.39 is 0 Å². The van der Waals surface area contributed by atoms with Crippen molar-refractivity contribution in [1.82, 2.24) is 14.9 Å². The van der Waals surface area contributed by atoms with Crippen LogP contribution in [0.25, 0.3) is 0 Å². The number of aromatic nitrogens is 2. The number of nitrogens with zero attached hydrogens (tertiary/aromatic N) is 2. The lowest BCUT2D eigenvalue weighted by atomic mass is 9.76. The molecule has 2 rings (SSSR count). The van der Waals surface area contributed by atoms with E-state index in [1.54, 1.807) is 0 Å². The lowest BCUT2D eigenvalue weighted by Crippen LogP contribution is -2.42. The van der Waals surface area contributed by atoms with Gasteiger partial charge in [0.15, 0.2) is 0 Å². The Morgan fingerprint density at radius 3 is 2.35 bits per heavy atom. The molecule has 1 aromatic heterocycles.